The van der Waals surface area contributed by atoms with Gasteiger partial charge in [0.25, 0.3) is 0 Å². The summed E-state index contributed by atoms with van der Waals surface area (Å²) in [4.78, 5) is 16.9. The minimum Gasteiger partial charge on any atom is -0.490 e. The summed E-state index contributed by atoms with van der Waals surface area (Å²) >= 11 is 0. The lowest BCUT2D eigenvalue weighted by Gasteiger charge is -2.35. The number of carbonyl (C=O) groups excluding carboxylic acids is 1. The molecule has 0 N–H and O–H groups in total. The zero-order valence-corrected chi connectivity index (χ0v) is 18.3. The van der Waals surface area contributed by atoms with Gasteiger partial charge in [-0.3, -0.25) is 0 Å². The summed E-state index contributed by atoms with van der Waals surface area (Å²) in [6.07, 6.45) is 2.62. The lowest BCUT2D eigenvalue weighted by Crippen LogP contribution is -2.38. The van der Waals surface area contributed by atoms with E-state index in [1.165, 1.54) is 22.4 Å². The summed E-state index contributed by atoms with van der Waals surface area (Å²) in [5.74, 6) is 1.60. The Morgan fingerprint density at radius 1 is 1.21 bits per heavy atom. The van der Waals surface area contributed by atoms with E-state index >= 15 is 0 Å². The smallest absolute Gasteiger partial charge is 0.410 e. The highest BCUT2D eigenvalue weighted by molar-refractivity contribution is 5.71. The van der Waals surface area contributed by atoms with Crippen LogP contribution >= 0.6 is 0 Å². The molecule has 1 aromatic carbocycles. The number of ether oxygens (including phenoxy) is 3. The van der Waals surface area contributed by atoms with E-state index in [4.69, 9.17) is 14.2 Å². The third-order valence-electron chi connectivity index (χ3n) is 6.11. The van der Waals surface area contributed by atoms with Crippen LogP contribution in [0.4, 0.5) is 10.5 Å². The van der Waals surface area contributed by atoms with Gasteiger partial charge in [-0.25, -0.2) is 4.79 Å². The van der Waals surface area contributed by atoms with E-state index in [1.54, 1.807) is 0 Å². The second-order valence-corrected chi connectivity index (χ2v) is 9.48. The number of nitrogens with zero attached hydrogens (tertiary/aromatic N) is 2. The van der Waals surface area contributed by atoms with Crippen LogP contribution in [-0.4, -0.2) is 62.6 Å². The summed E-state index contributed by atoms with van der Waals surface area (Å²) < 4.78 is 17.2. The van der Waals surface area contributed by atoms with Crippen molar-refractivity contribution >= 4 is 11.8 Å². The molecule has 3 aliphatic rings. The van der Waals surface area contributed by atoms with Gasteiger partial charge in [-0.1, -0.05) is 0 Å². The molecule has 0 aromatic heterocycles. The van der Waals surface area contributed by atoms with Crippen molar-refractivity contribution in [2.75, 3.05) is 50.9 Å². The molecule has 29 heavy (non-hydrogen) atoms. The fourth-order valence-electron chi connectivity index (χ4n) is 4.68. The van der Waals surface area contributed by atoms with Crippen LogP contribution in [-0.2, 0) is 22.3 Å². The van der Waals surface area contributed by atoms with Crippen LogP contribution < -0.4 is 9.64 Å². The monoisotopic (exact) mass is 402 g/mol. The van der Waals surface area contributed by atoms with Gasteiger partial charge in [-0.15, -0.1) is 0 Å². The second kappa shape index (κ2) is 8.05. The molecule has 1 saturated heterocycles. The summed E-state index contributed by atoms with van der Waals surface area (Å²) in [6.45, 7) is 13.8. The average Bonchev–Trinajstić information content (AvgIpc) is 3.05. The third kappa shape index (κ3) is 4.47. The summed E-state index contributed by atoms with van der Waals surface area (Å²) in [6, 6.07) is 2.22. The number of hydrogen-bond donors (Lipinski definition) is 0. The molecule has 0 saturated carbocycles. The molecule has 0 radical (unpaired) electrons. The molecule has 1 fully saturated rings. The predicted octanol–water partition coefficient (Wildman–Crippen LogP) is 3.57. The molecule has 4 rings (SSSR count). The third-order valence-corrected chi connectivity index (χ3v) is 6.11. The second-order valence-electron chi connectivity index (χ2n) is 9.48. The molecular weight excluding hydrogens is 368 g/mol. The van der Waals surface area contributed by atoms with Gasteiger partial charge in [0.1, 0.15) is 18.0 Å². The quantitative estimate of drug-likeness (QED) is 0.757. The largest absolute Gasteiger partial charge is 0.490 e. The van der Waals surface area contributed by atoms with Gasteiger partial charge in [-0.2, -0.15) is 0 Å². The Kier molecular flexibility index (Phi) is 5.65. The molecule has 3 aliphatic heterocycles. The van der Waals surface area contributed by atoms with Gasteiger partial charge in [0, 0.05) is 32.2 Å². The summed E-state index contributed by atoms with van der Waals surface area (Å²) in [5, 5.41) is 0. The number of hydrogen-bond acceptors (Lipinski definition) is 5. The highest BCUT2D eigenvalue weighted by Crippen LogP contribution is 2.40. The van der Waals surface area contributed by atoms with Gasteiger partial charge < -0.3 is 24.0 Å². The Morgan fingerprint density at radius 2 is 2.00 bits per heavy atom. The molecule has 1 unspecified atom stereocenters. The molecule has 3 heterocycles. The zero-order valence-electron chi connectivity index (χ0n) is 18.3. The van der Waals surface area contributed by atoms with Gasteiger partial charge in [0.05, 0.1) is 18.8 Å². The Bertz CT molecular complexity index is 765. The van der Waals surface area contributed by atoms with Crippen LogP contribution in [0.1, 0.15) is 43.9 Å². The molecule has 160 valence electrons. The fourth-order valence-corrected chi connectivity index (χ4v) is 4.68. The normalized spacial score (nSPS) is 21.9. The van der Waals surface area contributed by atoms with Crippen molar-refractivity contribution < 1.29 is 19.0 Å². The van der Waals surface area contributed by atoms with Gasteiger partial charge in [0.15, 0.2) is 0 Å². The topological polar surface area (TPSA) is 51.2 Å². The van der Waals surface area contributed by atoms with Gasteiger partial charge in [-0.05, 0) is 69.7 Å². The standard InChI is InChI=1S/C23H34N2O4/c1-16-19-6-9-24(22(26)29-23(2,3)4)8-5-18(19)13-20-21(16)25(10-12-28-20)14-17-7-11-27-15-17/h13,17H,5-12,14-15H2,1-4H3. The zero-order chi connectivity index (χ0) is 20.6. The first-order chi connectivity index (χ1) is 13.8. The SMILES string of the molecule is Cc1c2c(cc3c1N(CC1CCOC1)CCO3)CCN(C(=O)OC(C)(C)C)CC2. The predicted molar refractivity (Wildman–Crippen MR) is 113 cm³/mol. The number of anilines is 1. The molecule has 6 heteroatoms. The molecular formula is C23H34N2O4. The van der Waals surface area contributed by atoms with Crippen LogP contribution in [0.3, 0.4) is 0 Å². The Morgan fingerprint density at radius 3 is 2.72 bits per heavy atom. The van der Waals surface area contributed by atoms with Crippen molar-refractivity contribution in [1.29, 1.82) is 0 Å². The van der Waals surface area contributed by atoms with Crippen LogP contribution in [0, 0.1) is 12.8 Å². The Balaban J connectivity index is 1.55. The maximum atomic E-state index is 12.6. The molecule has 0 spiro atoms. The minimum atomic E-state index is -0.469. The number of benzene rings is 1. The highest BCUT2D eigenvalue weighted by Gasteiger charge is 2.30. The van der Waals surface area contributed by atoms with Crippen molar-refractivity contribution in [2.24, 2.45) is 5.92 Å². The van der Waals surface area contributed by atoms with E-state index in [9.17, 15) is 4.79 Å². The first-order valence-electron chi connectivity index (χ1n) is 10.9. The average molecular weight is 403 g/mol. The Hall–Kier alpha value is -1.95. The van der Waals surface area contributed by atoms with Gasteiger partial charge >= 0.3 is 6.09 Å². The maximum Gasteiger partial charge on any atom is 0.410 e. The first-order valence-corrected chi connectivity index (χ1v) is 10.9. The van der Waals surface area contributed by atoms with Crippen LogP contribution in [0.5, 0.6) is 5.75 Å². The summed E-state index contributed by atoms with van der Waals surface area (Å²) in [7, 11) is 0. The molecule has 0 bridgehead atoms. The van der Waals surface area contributed by atoms with E-state index in [-0.39, 0.29) is 6.09 Å². The van der Waals surface area contributed by atoms with Crippen molar-refractivity contribution in [1.82, 2.24) is 4.90 Å². The van der Waals surface area contributed by atoms with E-state index in [1.807, 2.05) is 25.7 Å². The minimum absolute atomic E-state index is 0.216. The molecule has 1 aromatic rings. The molecule has 6 nitrogen and oxygen atoms in total. The van der Waals surface area contributed by atoms with Crippen LogP contribution in [0.15, 0.2) is 6.07 Å². The van der Waals surface area contributed by atoms with E-state index in [0.717, 1.165) is 57.9 Å². The van der Waals surface area contributed by atoms with Gasteiger partial charge in [0.2, 0.25) is 0 Å². The van der Waals surface area contributed by atoms with Crippen molar-refractivity contribution in [3.05, 3.63) is 22.8 Å². The number of rotatable bonds is 2. The lowest BCUT2D eigenvalue weighted by atomic mass is 9.94. The van der Waals surface area contributed by atoms with E-state index in [2.05, 4.69) is 17.9 Å². The Labute approximate surface area is 174 Å². The fraction of sp³-hybridized carbons (Fsp3) is 0.696. The van der Waals surface area contributed by atoms with E-state index < -0.39 is 5.60 Å². The van der Waals surface area contributed by atoms with Crippen molar-refractivity contribution in [3.8, 4) is 5.75 Å². The van der Waals surface area contributed by atoms with Crippen LogP contribution in [0.25, 0.3) is 0 Å². The lowest BCUT2D eigenvalue weighted by molar-refractivity contribution is 0.0258. The number of amides is 1. The maximum absolute atomic E-state index is 12.6. The van der Waals surface area contributed by atoms with Crippen LogP contribution in [0.2, 0.25) is 0 Å². The van der Waals surface area contributed by atoms with Crippen molar-refractivity contribution in [2.45, 2.75) is 52.6 Å². The first kappa shape index (κ1) is 20.3. The molecule has 1 atom stereocenters. The number of fused-ring (bicyclic) bond motifs is 2. The van der Waals surface area contributed by atoms with E-state index in [0.29, 0.717) is 19.0 Å². The summed E-state index contributed by atoms with van der Waals surface area (Å²) in [5.41, 5.74) is 4.75. The molecule has 1 amide bonds. The number of carbonyl (C=O) groups is 1. The highest BCUT2D eigenvalue weighted by atomic mass is 16.6. The van der Waals surface area contributed by atoms with Crippen molar-refractivity contribution in [3.63, 3.8) is 0 Å². The molecule has 0 aliphatic carbocycles.